The number of ether oxygens (including phenoxy) is 2. The van der Waals surface area contributed by atoms with Gasteiger partial charge < -0.3 is 14.4 Å². The molecule has 0 unspecified atom stereocenters. The largest absolute Gasteiger partial charge is 0.497 e. The highest BCUT2D eigenvalue weighted by atomic mass is 32.2. The summed E-state index contributed by atoms with van der Waals surface area (Å²) in [5, 5.41) is 0.786. The number of rotatable bonds is 7. The summed E-state index contributed by atoms with van der Waals surface area (Å²) < 4.78 is 11.5. The van der Waals surface area contributed by atoms with E-state index in [2.05, 4.69) is 13.0 Å². The first-order valence-corrected chi connectivity index (χ1v) is 11.7. The molecular weight excluding hydrogens is 422 g/mol. The summed E-state index contributed by atoms with van der Waals surface area (Å²) in [4.78, 5) is 24.0. The maximum absolute atomic E-state index is 12.6. The minimum Gasteiger partial charge on any atom is -0.497 e. The topological polar surface area (TPSA) is 64.6 Å². The third-order valence-electron chi connectivity index (χ3n) is 5.52. The van der Waals surface area contributed by atoms with Crippen LogP contribution in [0.5, 0.6) is 17.4 Å². The Balaban J connectivity index is 1.71. The van der Waals surface area contributed by atoms with Crippen molar-refractivity contribution in [3.05, 3.63) is 59.2 Å². The summed E-state index contributed by atoms with van der Waals surface area (Å²) in [5.74, 6) is 3.14. The van der Waals surface area contributed by atoms with Gasteiger partial charge in [0.25, 0.3) is 0 Å². The first-order chi connectivity index (χ1) is 15.5. The lowest BCUT2D eigenvalue weighted by Crippen LogP contribution is -2.31. The van der Waals surface area contributed by atoms with Gasteiger partial charge in [-0.3, -0.25) is 4.79 Å². The van der Waals surface area contributed by atoms with Crippen molar-refractivity contribution in [1.82, 2.24) is 14.9 Å². The Morgan fingerprint density at radius 1 is 1.12 bits per heavy atom. The minimum absolute atomic E-state index is 0.103. The van der Waals surface area contributed by atoms with Crippen LogP contribution in [-0.4, -0.2) is 46.7 Å². The number of nitrogens with zero attached hydrogens (tertiary/aromatic N) is 3. The van der Waals surface area contributed by atoms with Crippen molar-refractivity contribution in [1.29, 1.82) is 0 Å². The third kappa shape index (κ3) is 4.58. The van der Waals surface area contributed by atoms with Gasteiger partial charge in [0.15, 0.2) is 5.82 Å². The van der Waals surface area contributed by atoms with Crippen molar-refractivity contribution in [2.45, 2.75) is 32.2 Å². The van der Waals surface area contributed by atoms with E-state index in [4.69, 9.17) is 19.4 Å². The van der Waals surface area contributed by atoms with E-state index in [1.54, 1.807) is 7.11 Å². The van der Waals surface area contributed by atoms with Gasteiger partial charge in [-0.1, -0.05) is 29.5 Å². The third-order valence-corrected chi connectivity index (χ3v) is 6.52. The van der Waals surface area contributed by atoms with Crippen LogP contribution in [0.15, 0.2) is 47.5 Å². The molecule has 4 rings (SSSR count). The molecular formula is C25H27N3O3S. The molecule has 0 saturated heterocycles. The normalized spacial score (nSPS) is 11.9. The second kappa shape index (κ2) is 9.61. The van der Waals surface area contributed by atoms with Crippen molar-refractivity contribution >= 4 is 17.7 Å². The molecule has 1 aliphatic rings. The molecule has 1 aromatic heterocycles. The second-order valence-electron chi connectivity index (χ2n) is 7.61. The van der Waals surface area contributed by atoms with E-state index in [0.717, 1.165) is 33.2 Å². The lowest BCUT2D eigenvalue weighted by molar-refractivity contribution is -0.127. The summed E-state index contributed by atoms with van der Waals surface area (Å²) in [7, 11) is 1.64. The average molecular weight is 450 g/mol. The summed E-state index contributed by atoms with van der Waals surface area (Å²) >= 11 is 1.45. The number of aryl methyl sites for hydroxylation is 1. The zero-order valence-corrected chi connectivity index (χ0v) is 19.7. The Labute approximate surface area is 193 Å². The number of carbonyl (C=O) groups is 1. The SMILES string of the molecule is CCN(CC)C(=O)CSc1nc(-c2ccc(OC)cc2)nc2c1Cc1cc(C)ccc1O2. The summed E-state index contributed by atoms with van der Waals surface area (Å²) in [6, 6.07) is 13.8. The lowest BCUT2D eigenvalue weighted by atomic mass is 10.0. The Bertz CT molecular complexity index is 1130. The number of hydrogen-bond donors (Lipinski definition) is 0. The number of fused-ring (bicyclic) bond motifs is 2. The fourth-order valence-corrected chi connectivity index (χ4v) is 4.63. The quantitative estimate of drug-likeness (QED) is 0.288. The molecule has 3 aromatic rings. The van der Waals surface area contributed by atoms with Crippen LogP contribution in [0.1, 0.15) is 30.5 Å². The van der Waals surface area contributed by atoms with Crippen LogP contribution in [0, 0.1) is 6.92 Å². The van der Waals surface area contributed by atoms with Crippen LogP contribution in [-0.2, 0) is 11.2 Å². The predicted octanol–water partition coefficient (Wildman–Crippen LogP) is 5.12. The molecule has 7 heteroatoms. The molecule has 6 nitrogen and oxygen atoms in total. The molecule has 2 heterocycles. The van der Waals surface area contributed by atoms with Gasteiger partial charge in [-0.2, -0.15) is 4.98 Å². The van der Waals surface area contributed by atoms with Crippen LogP contribution in [0.25, 0.3) is 11.4 Å². The van der Waals surface area contributed by atoms with E-state index in [0.29, 0.717) is 37.0 Å². The summed E-state index contributed by atoms with van der Waals surface area (Å²) in [6.45, 7) is 7.45. The van der Waals surface area contributed by atoms with Crippen LogP contribution >= 0.6 is 11.8 Å². The van der Waals surface area contributed by atoms with E-state index in [1.165, 1.54) is 17.3 Å². The highest BCUT2D eigenvalue weighted by Gasteiger charge is 2.25. The van der Waals surface area contributed by atoms with E-state index >= 15 is 0 Å². The molecule has 0 atom stereocenters. The summed E-state index contributed by atoms with van der Waals surface area (Å²) in [5.41, 5.74) is 4.08. The number of benzene rings is 2. The molecule has 0 saturated carbocycles. The second-order valence-corrected chi connectivity index (χ2v) is 8.57. The van der Waals surface area contributed by atoms with Crippen molar-refractivity contribution in [3.63, 3.8) is 0 Å². The Morgan fingerprint density at radius 2 is 1.88 bits per heavy atom. The molecule has 0 radical (unpaired) electrons. The van der Waals surface area contributed by atoms with Crippen molar-refractivity contribution in [3.8, 4) is 28.8 Å². The highest BCUT2D eigenvalue weighted by molar-refractivity contribution is 7.99. The van der Waals surface area contributed by atoms with E-state index in [9.17, 15) is 4.79 Å². The first-order valence-electron chi connectivity index (χ1n) is 10.8. The van der Waals surface area contributed by atoms with Crippen molar-refractivity contribution in [2.24, 2.45) is 0 Å². The maximum Gasteiger partial charge on any atom is 0.232 e. The minimum atomic E-state index is 0.103. The smallest absolute Gasteiger partial charge is 0.232 e. The number of carbonyl (C=O) groups excluding carboxylic acids is 1. The molecule has 0 aliphatic carbocycles. The number of hydrogen-bond acceptors (Lipinski definition) is 6. The lowest BCUT2D eigenvalue weighted by Gasteiger charge is -2.23. The zero-order valence-electron chi connectivity index (χ0n) is 18.8. The van der Waals surface area contributed by atoms with Gasteiger partial charge in [0.05, 0.1) is 18.4 Å². The monoisotopic (exact) mass is 449 g/mol. The van der Waals surface area contributed by atoms with E-state index < -0.39 is 0 Å². The number of aromatic nitrogens is 2. The number of amides is 1. The Morgan fingerprint density at radius 3 is 2.56 bits per heavy atom. The fraction of sp³-hybridized carbons (Fsp3) is 0.320. The van der Waals surface area contributed by atoms with Crippen molar-refractivity contribution in [2.75, 3.05) is 26.0 Å². The van der Waals surface area contributed by atoms with Gasteiger partial charge in [0.1, 0.15) is 16.5 Å². The van der Waals surface area contributed by atoms with Crippen LogP contribution in [0.3, 0.4) is 0 Å². The molecule has 32 heavy (non-hydrogen) atoms. The van der Waals surface area contributed by atoms with Gasteiger partial charge in [-0.15, -0.1) is 0 Å². The molecule has 2 aromatic carbocycles. The van der Waals surface area contributed by atoms with Crippen molar-refractivity contribution < 1.29 is 14.3 Å². The van der Waals surface area contributed by atoms with Gasteiger partial charge in [0, 0.05) is 25.1 Å². The number of thioether (sulfide) groups is 1. The van der Waals surface area contributed by atoms with Crippen LogP contribution in [0.4, 0.5) is 0 Å². The number of methoxy groups -OCH3 is 1. The van der Waals surface area contributed by atoms with Crippen LogP contribution < -0.4 is 9.47 Å². The predicted molar refractivity (Wildman–Crippen MR) is 127 cm³/mol. The molecule has 0 fully saturated rings. The maximum atomic E-state index is 12.6. The molecule has 1 aliphatic heterocycles. The first kappa shape index (κ1) is 22.1. The van der Waals surface area contributed by atoms with Gasteiger partial charge in [0.2, 0.25) is 11.8 Å². The van der Waals surface area contributed by atoms with Gasteiger partial charge in [-0.25, -0.2) is 4.98 Å². The molecule has 0 N–H and O–H groups in total. The summed E-state index contributed by atoms with van der Waals surface area (Å²) in [6.07, 6.45) is 0.678. The molecule has 166 valence electrons. The molecule has 1 amide bonds. The fourth-order valence-electron chi connectivity index (χ4n) is 3.71. The van der Waals surface area contributed by atoms with E-state index in [-0.39, 0.29) is 5.91 Å². The average Bonchev–Trinajstić information content (AvgIpc) is 2.82. The van der Waals surface area contributed by atoms with Crippen LogP contribution in [0.2, 0.25) is 0 Å². The highest BCUT2D eigenvalue weighted by Crippen LogP contribution is 2.40. The van der Waals surface area contributed by atoms with Gasteiger partial charge in [-0.05, 0) is 56.7 Å². The van der Waals surface area contributed by atoms with E-state index in [1.807, 2.05) is 55.1 Å². The van der Waals surface area contributed by atoms with Gasteiger partial charge >= 0.3 is 0 Å². The standard InChI is InChI=1S/C25H27N3O3S/c1-5-28(6-2)22(29)15-32-25-20-14-18-13-16(3)7-12-21(18)31-24(20)26-23(27-25)17-8-10-19(30-4)11-9-17/h7-13H,5-6,14-15H2,1-4H3. The Kier molecular flexibility index (Phi) is 6.65. The zero-order chi connectivity index (χ0) is 22.7. The molecule has 0 spiro atoms. The Hall–Kier alpha value is -3.06. The molecule has 0 bridgehead atoms.